The van der Waals surface area contributed by atoms with Crippen LogP contribution >= 0.6 is 0 Å². The van der Waals surface area contributed by atoms with Crippen molar-refractivity contribution in [2.24, 2.45) is 0 Å². The molecule has 0 atom stereocenters. The van der Waals surface area contributed by atoms with Crippen LogP contribution in [0.25, 0.3) is 6.08 Å². The van der Waals surface area contributed by atoms with E-state index in [2.05, 4.69) is 6.92 Å². The fraction of sp³-hybridized carbons (Fsp3) is 0.182. The average Bonchev–Trinajstić information content (AvgIpc) is 2.19. The van der Waals surface area contributed by atoms with Crippen LogP contribution in [0.1, 0.15) is 5.56 Å². The van der Waals surface area contributed by atoms with Gasteiger partial charge in [-0.15, -0.1) is 0 Å². The molecule has 0 amide bonds. The lowest BCUT2D eigenvalue weighted by Crippen LogP contribution is -2.22. The van der Waals surface area contributed by atoms with E-state index in [1.165, 1.54) is 18.4 Å². The Bertz CT molecular complexity index is 444. The van der Waals surface area contributed by atoms with Gasteiger partial charge < -0.3 is 0 Å². The first-order valence-electron chi connectivity index (χ1n) is 4.47. The van der Waals surface area contributed by atoms with Gasteiger partial charge in [0.15, 0.2) is 0 Å². The van der Waals surface area contributed by atoms with Gasteiger partial charge in [-0.1, -0.05) is 24.3 Å². The molecule has 1 aromatic rings. The summed E-state index contributed by atoms with van der Waals surface area (Å²) in [6.45, 7) is 3.57. The molecule has 0 unspecified atom stereocenters. The SMILES string of the molecule is [CH2]/C=C/c1ccc(S(=O)(=O)N(C)C)cc1. The maximum absolute atomic E-state index is 11.7. The number of rotatable bonds is 3. The summed E-state index contributed by atoms with van der Waals surface area (Å²) < 4.78 is 24.6. The van der Waals surface area contributed by atoms with Crippen molar-refractivity contribution < 1.29 is 8.42 Å². The topological polar surface area (TPSA) is 37.4 Å². The first kappa shape index (κ1) is 11.9. The van der Waals surface area contributed by atoms with Crippen LogP contribution in [0.15, 0.2) is 35.2 Å². The summed E-state index contributed by atoms with van der Waals surface area (Å²) in [4.78, 5) is 0.300. The zero-order valence-corrected chi connectivity index (χ0v) is 9.66. The molecule has 0 fully saturated rings. The zero-order valence-electron chi connectivity index (χ0n) is 8.84. The molecule has 3 nitrogen and oxygen atoms in total. The van der Waals surface area contributed by atoms with Crippen molar-refractivity contribution in [2.45, 2.75) is 4.90 Å². The minimum Gasteiger partial charge on any atom is -0.207 e. The van der Waals surface area contributed by atoms with Gasteiger partial charge in [-0.05, 0) is 24.6 Å². The molecule has 0 spiro atoms. The van der Waals surface area contributed by atoms with E-state index in [0.29, 0.717) is 4.90 Å². The first-order chi connectivity index (χ1) is 6.98. The summed E-state index contributed by atoms with van der Waals surface area (Å²) in [5, 5.41) is 0. The lowest BCUT2D eigenvalue weighted by atomic mass is 10.2. The van der Waals surface area contributed by atoms with Crippen molar-refractivity contribution in [2.75, 3.05) is 14.1 Å². The highest BCUT2D eigenvalue weighted by atomic mass is 32.2. The second-order valence-electron chi connectivity index (χ2n) is 3.26. The Morgan fingerprint density at radius 1 is 1.20 bits per heavy atom. The molecule has 0 aliphatic rings. The standard InChI is InChI=1S/C11H14NO2S/c1-4-5-10-6-8-11(9-7-10)15(13,14)12(2)3/h4-9H,1H2,2-3H3/b5-4+. The van der Waals surface area contributed by atoms with Gasteiger partial charge in [0.1, 0.15) is 0 Å². The summed E-state index contributed by atoms with van der Waals surface area (Å²) in [5.41, 5.74) is 0.933. The highest BCUT2D eigenvalue weighted by Gasteiger charge is 2.15. The van der Waals surface area contributed by atoms with E-state index < -0.39 is 10.0 Å². The van der Waals surface area contributed by atoms with Crippen molar-refractivity contribution >= 4 is 16.1 Å². The lowest BCUT2D eigenvalue weighted by molar-refractivity contribution is 0.521. The largest absolute Gasteiger partial charge is 0.242 e. The van der Waals surface area contributed by atoms with Gasteiger partial charge in [-0.25, -0.2) is 12.7 Å². The van der Waals surface area contributed by atoms with E-state index in [9.17, 15) is 8.42 Å². The number of sulfonamides is 1. The molecular formula is C11H14NO2S. The van der Waals surface area contributed by atoms with Gasteiger partial charge >= 0.3 is 0 Å². The second-order valence-corrected chi connectivity index (χ2v) is 5.41. The molecule has 0 aliphatic carbocycles. The monoisotopic (exact) mass is 224 g/mol. The Morgan fingerprint density at radius 2 is 1.73 bits per heavy atom. The van der Waals surface area contributed by atoms with Crippen molar-refractivity contribution in [1.29, 1.82) is 0 Å². The average molecular weight is 224 g/mol. The Hall–Kier alpha value is -1.13. The molecule has 0 aliphatic heterocycles. The van der Waals surface area contributed by atoms with E-state index in [-0.39, 0.29) is 0 Å². The molecule has 81 valence electrons. The molecule has 0 bridgehead atoms. The van der Waals surface area contributed by atoms with Crippen molar-refractivity contribution in [3.63, 3.8) is 0 Å². The van der Waals surface area contributed by atoms with Crippen LogP contribution in [0.5, 0.6) is 0 Å². The summed E-state index contributed by atoms with van der Waals surface area (Å²) in [6.07, 6.45) is 3.47. The minimum absolute atomic E-state index is 0.300. The summed E-state index contributed by atoms with van der Waals surface area (Å²) in [7, 11) is -0.289. The molecule has 0 heterocycles. The van der Waals surface area contributed by atoms with Gasteiger partial charge in [0.25, 0.3) is 0 Å². The maximum atomic E-state index is 11.7. The Labute approximate surface area is 91.1 Å². The Morgan fingerprint density at radius 3 is 2.13 bits per heavy atom. The third kappa shape index (κ3) is 2.67. The summed E-state index contributed by atoms with van der Waals surface area (Å²) in [6, 6.07) is 6.67. The zero-order chi connectivity index (χ0) is 11.5. The molecule has 4 heteroatoms. The predicted octanol–water partition coefficient (Wildman–Crippen LogP) is 1.78. The van der Waals surface area contributed by atoms with Crippen LogP contribution in [0.2, 0.25) is 0 Å². The Kier molecular flexibility index (Phi) is 3.66. The number of nitrogens with zero attached hydrogens (tertiary/aromatic N) is 1. The quantitative estimate of drug-likeness (QED) is 0.785. The number of hydrogen-bond acceptors (Lipinski definition) is 2. The first-order valence-corrected chi connectivity index (χ1v) is 5.91. The maximum Gasteiger partial charge on any atom is 0.242 e. The molecule has 15 heavy (non-hydrogen) atoms. The normalized spacial score (nSPS) is 12.5. The molecule has 1 rings (SSSR count). The molecule has 0 aromatic heterocycles. The van der Waals surface area contributed by atoms with Gasteiger partial charge in [-0.3, -0.25) is 0 Å². The summed E-state index contributed by atoms with van der Waals surface area (Å²) in [5.74, 6) is 0. The molecule has 1 aromatic carbocycles. The van der Waals surface area contributed by atoms with E-state index in [1.807, 2.05) is 6.08 Å². The van der Waals surface area contributed by atoms with Crippen LogP contribution < -0.4 is 0 Å². The third-order valence-electron chi connectivity index (χ3n) is 1.97. The van der Waals surface area contributed by atoms with Crippen LogP contribution in [0.4, 0.5) is 0 Å². The van der Waals surface area contributed by atoms with E-state index >= 15 is 0 Å². The molecule has 0 N–H and O–H groups in total. The second kappa shape index (κ2) is 4.59. The summed E-state index contributed by atoms with van der Waals surface area (Å²) >= 11 is 0. The van der Waals surface area contributed by atoms with Crippen LogP contribution in [0.3, 0.4) is 0 Å². The van der Waals surface area contributed by atoms with Crippen LogP contribution in [-0.2, 0) is 10.0 Å². The van der Waals surface area contributed by atoms with Crippen LogP contribution in [-0.4, -0.2) is 26.8 Å². The fourth-order valence-corrected chi connectivity index (χ4v) is 2.00. The van der Waals surface area contributed by atoms with Crippen LogP contribution in [0, 0.1) is 6.92 Å². The minimum atomic E-state index is -3.31. The molecular weight excluding hydrogens is 210 g/mol. The van der Waals surface area contributed by atoms with Gasteiger partial charge in [0.05, 0.1) is 4.90 Å². The van der Waals surface area contributed by atoms with E-state index in [1.54, 1.807) is 30.3 Å². The molecule has 0 saturated carbocycles. The van der Waals surface area contributed by atoms with Gasteiger partial charge in [-0.2, -0.15) is 0 Å². The predicted molar refractivity (Wildman–Crippen MR) is 61.7 cm³/mol. The molecule has 1 radical (unpaired) electrons. The van der Waals surface area contributed by atoms with E-state index in [4.69, 9.17) is 0 Å². The van der Waals surface area contributed by atoms with E-state index in [0.717, 1.165) is 5.56 Å². The number of allylic oxidation sites excluding steroid dienone is 1. The van der Waals surface area contributed by atoms with Gasteiger partial charge in [0.2, 0.25) is 10.0 Å². The van der Waals surface area contributed by atoms with Crippen molar-refractivity contribution in [1.82, 2.24) is 4.31 Å². The lowest BCUT2D eigenvalue weighted by Gasteiger charge is -2.10. The number of hydrogen-bond donors (Lipinski definition) is 0. The number of benzene rings is 1. The van der Waals surface area contributed by atoms with Gasteiger partial charge in [0, 0.05) is 14.1 Å². The highest BCUT2D eigenvalue weighted by molar-refractivity contribution is 7.89. The highest BCUT2D eigenvalue weighted by Crippen LogP contribution is 2.14. The molecule has 0 saturated heterocycles. The Balaban J connectivity index is 3.10. The van der Waals surface area contributed by atoms with Crippen molar-refractivity contribution in [3.8, 4) is 0 Å². The fourth-order valence-electron chi connectivity index (χ4n) is 1.10. The third-order valence-corrected chi connectivity index (χ3v) is 3.80. The van der Waals surface area contributed by atoms with Crippen molar-refractivity contribution in [3.05, 3.63) is 42.8 Å². The smallest absolute Gasteiger partial charge is 0.207 e.